The Balaban J connectivity index is 1.68. The molecule has 0 saturated heterocycles. The summed E-state index contributed by atoms with van der Waals surface area (Å²) in [5.74, 6) is 0.758. The molecule has 1 amide bonds. The van der Waals surface area contributed by atoms with E-state index in [9.17, 15) is 14.9 Å². The summed E-state index contributed by atoms with van der Waals surface area (Å²) in [7, 11) is 0. The summed E-state index contributed by atoms with van der Waals surface area (Å²) in [6, 6.07) is 8.72. The van der Waals surface area contributed by atoms with Crippen molar-refractivity contribution in [3.8, 4) is 11.5 Å². The lowest BCUT2D eigenvalue weighted by Gasteiger charge is -2.02. The normalized spacial score (nSPS) is 12.4. The number of nitrogens with zero attached hydrogens (tertiary/aromatic N) is 2. The van der Waals surface area contributed by atoms with Gasteiger partial charge in [-0.2, -0.15) is 5.10 Å². The molecule has 9 heteroatoms. The first-order valence-electron chi connectivity index (χ1n) is 6.71. The van der Waals surface area contributed by atoms with Crippen LogP contribution in [0.15, 0.2) is 46.0 Å². The molecule has 1 heterocycles. The first kappa shape index (κ1) is 15.9. The predicted octanol–water partition coefficient (Wildman–Crippen LogP) is 2.85. The van der Waals surface area contributed by atoms with Crippen molar-refractivity contribution in [2.45, 2.75) is 0 Å². The van der Waals surface area contributed by atoms with E-state index in [1.807, 2.05) is 0 Å². The lowest BCUT2D eigenvalue weighted by molar-refractivity contribution is -0.384. The molecule has 1 N–H and O–H groups in total. The Morgan fingerprint density at radius 3 is 2.58 bits per heavy atom. The fourth-order valence-corrected chi connectivity index (χ4v) is 2.42. The van der Waals surface area contributed by atoms with Crippen LogP contribution in [0.3, 0.4) is 0 Å². The Kier molecular flexibility index (Phi) is 4.43. The molecule has 0 aliphatic carbocycles. The molecule has 0 saturated carbocycles. The summed E-state index contributed by atoms with van der Waals surface area (Å²) in [6.07, 6.45) is 1.45. The number of hydrogen-bond acceptors (Lipinski definition) is 6. The third-order valence-electron chi connectivity index (χ3n) is 3.20. The Morgan fingerprint density at radius 1 is 1.25 bits per heavy atom. The predicted molar refractivity (Wildman–Crippen MR) is 88.4 cm³/mol. The fraction of sp³-hybridized carbons (Fsp3) is 0.0667. The minimum atomic E-state index is -0.531. The van der Waals surface area contributed by atoms with E-state index in [-0.39, 0.29) is 18.0 Å². The van der Waals surface area contributed by atoms with Gasteiger partial charge < -0.3 is 9.47 Å². The minimum Gasteiger partial charge on any atom is -0.454 e. The molecule has 3 rings (SSSR count). The molecule has 0 atom stereocenters. The van der Waals surface area contributed by atoms with Gasteiger partial charge in [-0.15, -0.1) is 0 Å². The molecule has 24 heavy (non-hydrogen) atoms. The van der Waals surface area contributed by atoms with Gasteiger partial charge in [-0.05, 0) is 40.2 Å². The molecule has 122 valence electrons. The van der Waals surface area contributed by atoms with Gasteiger partial charge in [-0.3, -0.25) is 14.9 Å². The number of rotatable bonds is 4. The monoisotopic (exact) mass is 391 g/mol. The highest BCUT2D eigenvalue weighted by Crippen LogP contribution is 2.36. The summed E-state index contributed by atoms with van der Waals surface area (Å²) in [6.45, 7) is 0.166. The molecule has 0 radical (unpaired) electrons. The van der Waals surface area contributed by atoms with E-state index in [0.717, 1.165) is 4.47 Å². The zero-order chi connectivity index (χ0) is 17.1. The van der Waals surface area contributed by atoms with Crippen molar-refractivity contribution in [2.75, 3.05) is 6.79 Å². The number of nitrogens with one attached hydrogen (secondary N) is 1. The first-order chi connectivity index (χ1) is 11.5. The van der Waals surface area contributed by atoms with E-state index in [4.69, 9.17) is 9.47 Å². The van der Waals surface area contributed by atoms with Crippen LogP contribution < -0.4 is 14.9 Å². The van der Waals surface area contributed by atoms with Gasteiger partial charge in [0.1, 0.15) is 0 Å². The van der Waals surface area contributed by atoms with Gasteiger partial charge in [-0.25, -0.2) is 5.43 Å². The smallest absolute Gasteiger partial charge is 0.271 e. The van der Waals surface area contributed by atoms with Gasteiger partial charge in [0.2, 0.25) is 6.79 Å². The van der Waals surface area contributed by atoms with Gasteiger partial charge in [0.15, 0.2) is 11.5 Å². The second-order valence-electron chi connectivity index (χ2n) is 4.73. The van der Waals surface area contributed by atoms with E-state index in [1.165, 1.54) is 30.5 Å². The number of ether oxygens (including phenoxy) is 2. The van der Waals surface area contributed by atoms with Gasteiger partial charge >= 0.3 is 0 Å². The van der Waals surface area contributed by atoms with Crippen molar-refractivity contribution < 1.29 is 19.2 Å². The number of amides is 1. The summed E-state index contributed by atoms with van der Waals surface area (Å²) < 4.78 is 11.3. The summed E-state index contributed by atoms with van der Waals surface area (Å²) in [5, 5.41) is 14.5. The number of nitro benzene ring substituents is 1. The van der Waals surface area contributed by atoms with Crippen molar-refractivity contribution in [3.63, 3.8) is 0 Å². The van der Waals surface area contributed by atoms with Crippen molar-refractivity contribution in [2.24, 2.45) is 5.10 Å². The number of benzene rings is 2. The van der Waals surface area contributed by atoms with E-state index in [2.05, 4.69) is 26.5 Å². The van der Waals surface area contributed by atoms with Crippen molar-refractivity contribution in [1.82, 2.24) is 5.43 Å². The number of nitro groups is 1. The van der Waals surface area contributed by atoms with Gasteiger partial charge in [0, 0.05) is 27.7 Å². The Labute approximate surface area is 144 Å². The number of carbonyl (C=O) groups is 1. The fourth-order valence-electron chi connectivity index (χ4n) is 1.99. The van der Waals surface area contributed by atoms with Crippen LogP contribution in [0.25, 0.3) is 0 Å². The minimum absolute atomic E-state index is 0.0839. The van der Waals surface area contributed by atoms with Crippen LogP contribution in [0.2, 0.25) is 0 Å². The number of hydrogen-bond donors (Lipinski definition) is 1. The second kappa shape index (κ2) is 6.67. The molecular weight excluding hydrogens is 382 g/mol. The maximum absolute atomic E-state index is 11.9. The average molecular weight is 392 g/mol. The highest BCUT2D eigenvalue weighted by molar-refractivity contribution is 9.10. The quantitative estimate of drug-likeness (QED) is 0.490. The van der Waals surface area contributed by atoms with E-state index in [1.54, 1.807) is 12.1 Å². The largest absolute Gasteiger partial charge is 0.454 e. The molecule has 0 unspecified atom stereocenters. The Hall–Kier alpha value is -2.94. The maximum atomic E-state index is 11.9. The highest BCUT2D eigenvalue weighted by Gasteiger charge is 2.15. The topological polar surface area (TPSA) is 103 Å². The summed E-state index contributed by atoms with van der Waals surface area (Å²) >= 11 is 3.38. The van der Waals surface area contributed by atoms with Crippen LogP contribution in [0.1, 0.15) is 15.9 Å². The van der Waals surface area contributed by atoms with Gasteiger partial charge in [0.25, 0.3) is 11.6 Å². The summed E-state index contributed by atoms with van der Waals surface area (Å²) in [5.41, 5.74) is 3.24. The van der Waals surface area contributed by atoms with E-state index >= 15 is 0 Å². The molecule has 0 spiro atoms. The molecule has 0 aromatic heterocycles. The highest BCUT2D eigenvalue weighted by atomic mass is 79.9. The Bertz CT molecular complexity index is 836. The third-order valence-corrected chi connectivity index (χ3v) is 3.89. The molecular formula is C15H10BrN3O5. The molecule has 0 bridgehead atoms. The zero-order valence-corrected chi connectivity index (χ0v) is 13.6. The van der Waals surface area contributed by atoms with Crippen molar-refractivity contribution in [1.29, 1.82) is 0 Å². The zero-order valence-electron chi connectivity index (χ0n) is 12.1. The first-order valence-corrected chi connectivity index (χ1v) is 7.51. The van der Waals surface area contributed by atoms with Crippen molar-refractivity contribution in [3.05, 3.63) is 62.1 Å². The second-order valence-corrected chi connectivity index (χ2v) is 5.58. The molecule has 2 aromatic rings. The van der Waals surface area contributed by atoms with E-state index < -0.39 is 10.8 Å². The van der Waals surface area contributed by atoms with Crippen LogP contribution in [0.4, 0.5) is 5.69 Å². The molecule has 1 aliphatic rings. The Morgan fingerprint density at radius 2 is 1.92 bits per heavy atom. The number of fused-ring (bicyclic) bond motifs is 1. The average Bonchev–Trinajstić information content (AvgIpc) is 3.02. The van der Waals surface area contributed by atoms with Crippen LogP contribution >= 0.6 is 15.9 Å². The van der Waals surface area contributed by atoms with Crippen LogP contribution in [0.5, 0.6) is 11.5 Å². The van der Waals surface area contributed by atoms with Crippen LogP contribution in [-0.2, 0) is 0 Å². The lowest BCUT2D eigenvalue weighted by atomic mass is 10.2. The number of carbonyl (C=O) groups excluding carboxylic acids is 1. The molecule has 8 nitrogen and oxygen atoms in total. The lowest BCUT2D eigenvalue weighted by Crippen LogP contribution is -2.17. The maximum Gasteiger partial charge on any atom is 0.271 e. The number of halogens is 1. The summed E-state index contributed by atoms with van der Waals surface area (Å²) in [4.78, 5) is 22.0. The number of non-ortho nitro benzene ring substituents is 1. The SMILES string of the molecule is O=C(N/N=C/c1cc2c(cc1Br)OCO2)c1ccc([N+](=O)[O-])cc1. The molecule has 2 aromatic carbocycles. The van der Waals surface area contributed by atoms with Gasteiger partial charge in [0.05, 0.1) is 11.1 Å². The van der Waals surface area contributed by atoms with E-state index in [0.29, 0.717) is 17.1 Å². The van der Waals surface area contributed by atoms with Crippen LogP contribution in [-0.4, -0.2) is 23.8 Å². The standard InChI is InChI=1S/C15H10BrN3O5/c16-12-6-14-13(23-8-24-14)5-10(12)7-17-18-15(20)9-1-3-11(4-2-9)19(21)22/h1-7H,8H2,(H,18,20)/b17-7+. The molecule has 0 fully saturated rings. The van der Waals surface area contributed by atoms with Gasteiger partial charge in [-0.1, -0.05) is 0 Å². The number of hydrazone groups is 1. The third kappa shape index (κ3) is 3.35. The molecule has 1 aliphatic heterocycles. The van der Waals surface area contributed by atoms with Crippen molar-refractivity contribution >= 4 is 33.7 Å². The van der Waals surface area contributed by atoms with Crippen LogP contribution in [0, 0.1) is 10.1 Å².